The van der Waals surface area contributed by atoms with Crippen LogP contribution < -0.4 is 16.0 Å². The first kappa shape index (κ1) is 32.5. The van der Waals surface area contributed by atoms with E-state index in [1.165, 1.54) is 0 Å². The van der Waals surface area contributed by atoms with Crippen LogP contribution in [-0.4, -0.2) is 49.9 Å². The summed E-state index contributed by atoms with van der Waals surface area (Å²) in [6.45, 7) is 0. The second-order valence-corrected chi connectivity index (χ2v) is 13.8. The van der Waals surface area contributed by atoms with Gasteiger partial charge in [-0.25, -0.2) is 0 Å². The minimum absolute atomic E-state index is 0.0579. The summed E-state index contributed by atoms with van der Waals surface area (Å²) in [7, 11) is 0. The molecular weight excluding hydrogens is 792 g/mol. The molecule has 9 nitrogen and oxygen atoms in total. The highest BCUT2D eigenvalue weighted by atomic mass is 79.9. The number of aromatic nitrogens is 3. The van der Waals surface area contributed by atoms with Crippen LogP contribution in [0.2, 0.25) is 0 Å². The predicted molar refractivity (Wildman–Crippen MR) is 180 cm³/mol. The van der Waals surface area contributed by atoms with E-state index in [2.05, 4.69) is 78.7 Å². The Morgan fingerprint density at radius 2 is 0.714 bits per heavy atom. The molecule has 15 heteroatoms. The van der Waals surface area contributed by atoms with Crippen molar-refractivity contribution in [3.63, 3.8) is 0 Å². The van der Waals surface area contributed by atoms with Crippen LogP contribution in [0.1, 0.15) is 0 Å². The van der Waals surface area contributed by atoms with E-state index < -0.39 is 0 Å². The molecule has 0 saturated carbocycles. The maximum absolute atomic E-state index is 12.5. The van der Waals surface area contributed by atoms with Crippen LogP contribution in [0.15, 0.2) is 102 Å². The number of amides is 3. The second-order valence-electron chi connectivity index (χ2n) is 8.21. The van der Waals surface area contributed by atoms with Gasteiger partial charge in [0.05, 0.1) is 17.3 Å². The molecule has 4 aromatic rings. The molecule has 0 unspecified atom stereocenters. The molecular formula is C27H21Br3N6O3S3. The van der Waals surface area contributed by atoms with E-state index >= 15 is 0 Å². The Kier molecular flexibility index (Phi) is 12.7. The zero-order valence-electron chi connectivity index (χ0n) is 21.5. The van der Waals surface area contributed by atoms with Crippen molar-refractivity contribution < 1.29 is 14.4 Å². The van der Waals surface area contributed by atoms with E-state index in [-0.39, 0.29) is 35.0 Å². The van der Waals surface area contributed by atoms with Crippen LogP contribution in [0.5, 0.6) is 0 Å². The van der Waals surface area contributed by atoms with Gasteiger partial charge in [0.1, 0.15) is 0 Å². The maximum atomic E-state index is 12.5. The average Bonchev–Trinajstić information content (AvgIpc) is 2.97. The average molecular weight is 813 g/mol. The molecule has 0 spiro atoms. The van der Waals surface area contributed by atoms with Crippen molar-refractivity contribution in [2.75, 3.05) is 33.2 Å². The zero-order valence-corrected chi connectivity index (χ0v) is 28.7. The SMILES string of the molecule is O=C(CSc1nc(SCC(=O)Nc2ccc(Br)cc2)nc(SCC(=O)Nc2ccc(Br)cc2)n1)Nc1ccc(Br)cc1. The molecule has 1 heterocycles. The largest absolute Gasteiger partial charge is 0.325 e. The number of benzene rings is 3. The number of hydrogen-bond donors (Lipinski definition) is 3. The molecule has 0 bridgehead atoms. The highest BCUT2D eigenvalue weighted by Crippen LogP contribution is 2.24. The number of carbonyl (C=O) groups excluding carboxylic acids is 3. The van der Waals surface area contributed by atoms with Gasteiger partial charge in [-0.15, -0.1) is 0 Å². The summed E-state index contributed by atoms with van der Waals surface area (Å²) >= 11 is 13.5. The third-order valence-corrected chi connectivity index (χ3v) is 9.08. The number of rotatable bonds is 12. The molecule has 216 valence electrons. The zero-order chi connectivity index (χ0) is 29.9. The van der Waals surface area contributed by atoms with Crippen molar-refractivity contribution in [3.05, 3.63) is 86.2 Å². The molecule has 0 saturated heterocycles. The van der Waals surface area contributed by atoms with Crippen molar-refractivity contribution in [1.29, 1.82) is 0 Å². The fourth-order valence-corrected chi connectivity index (χ4v) is 5.96. The lowest BCUT2D eigenvalue weighted by Crippen LogP contribution is -2.16. The minimum atomic E-state index is -0.228. The Bertz CT molecular complexity index is 1350. The lowest BCUT2D eigenvalue weighted by atomic mass is 10.3. The van der Waals surface area contributed by atoms with Crippen LogP contribution in [0.4, 0.5) is 17.1 Å². The third-order valence-electron chi connectivity index (χ3n) is 4.95. The monoisotopic (exact) mass is 810 g/mol. The van der Waals surface area contributed by atoms with Gasteiger partial charge in [-0.1, -0.05) is 83.1 Å². The molecule has 3 aromatic carbocycles. The molecule has 4 rings (SSSR count). The van der Waals surface area contributed by atoms with E-state index in [0.29, 0.717) is 32.5 Å². The fourth-order valence-electron chi connectivity index (χ4n) is 3.10. The molecule has 0 atom stereocenters. The van der Waals surface area contributed by atoms with Crippen LogP contribution in [0.3, 0.4) is 0 Å². The van der Waals surface area contributed by atoms with Gasteiger partial charge in [-0.3, -0.25) is 14.4 Å². The normalized spacial score (nSPS) is 10.6. The van der Waals surface area contributed by atoms with Crippen molar-refractivity contribution in [1.82, 2.24) is 15.0 Å². The summed E-state index contributed by atoms with van der Waals surface area (Å²) in [6.07, 6.45) is 0. The Labute approximate surface area is 280 Å². The molecule has 42 heavy (non-hydrogen) atoms. The summed E-state index contributed by atoms with van der Waals surface area (Å²) in [5, 5.41) is 9.41. The Hall–Kier alpha value is -2.43. The fraction of sp³-hybridized carbons (Fsp3) is 0.111. The van der Waals surface area contributed by atoms with Gasteiger partial charge in [0.2, 0.25) is 17.7 Å². The van der Waals surface area contributed by atoms with Crippen molar-refractivity contribution in [3.8, 4) is 0 Å². The highest BCUT2D eigenvalue weighted by Gasteiger charge is 2.14. The summed E-state index contributed by atoms with van der Waals surface area (Å²) in [6, 6.07) is 21.7. The van der Waals surface area contributed by atoms with Gasteiger partial charge >= 0.3 is 0 Å². The van der Waals surface area contributed by atoms with E-state index in [1.807, 2.05) is 36.4 Å². The number of hydrogen-bond acceptors (Lipinski definition) is 9. The van der Waals surface area contributed by atoms with E-state index in [1.54, 1.807) is 36.4 Å². The van der Waals surface area contributed by atoms with Crippen LogP contribution in [0, 0.1) is 0 Å². The van der Waals surface area contributed by atoms with E-state index in [9.17, 15) is 14.4 Å². The quantitative estimate of drug-likeness (QED) is 0.126. The minimum Gasteiger partial charge on any atom is -0.325 e. The Morgan fingerprint density at radius 3 is 0.952 bits per heavy atom. The standard InChI is InChI=1S/C27H21Br3N6O3S3/c28-16-1-7-19(8-2-16)31-22(37)13-40-25-34-26(41-14-23(38)32-20-9-3-17(29)4-10-20)36-27(35-25)42-15-24(39)33-21-11-5-18(30)6-12-21/h1-12H,13-15H2,(H,31,37)(H,32,38)(H,33,39). The molecule has 3 amide bonds. The molecule has 0 aliphatic carbocycles. The Morgan fingerprint density at radius 1 is 0.476 bits per heavy atom. The van der Waals surface area contributed by atoms with Crippen molar-refractivity contribution >= 4 is 118 Å². The van der Waals surface area contributed by atoms with Crippen LogP contribution in [0.25, 0.3) is 0 Å². The summed E-state index contributed by atoms with van der Waals surface area (Å²) in [5.74, 6) is -0.510. The molecule has 1 aromatic heterocycles. The van der Waals surface area contributed by atoms with Crippen molar-refractivity contribution in [2.24, 2.45) is 0 Å². The van der Waals surface area contributed by atoms with Gasteiger partial charge in [0.25, 0.3) is 0 Å². The molecule has 3 N–H and O–H groups in total. The lowest BCUT2D eigenvalue weighted by molar-refractivity contribution is -0.114. The molecule has 0 radical (unpaired) electrons. The topological polar surface area (TPSA) is 126 Å². The van der Waals surface area contributed by atoms with Gasteiger partial charge in [-0.2, -0.15) is 15.0 Å². The maximum Gasteiger partial charge on any atom is 0.234 e. The first-order valence-corrected chi connectivity index (χ1v) is 17.4. The van der Waals surface area contributed by atoms with Crippen LogP contribution in [-0.2, 0) is 14.4 Å². The van der Waals surface area contributed by atoms with Gasteiger partial charge in [0, 0.05) is 30.5 Å². The molecule has 0 fully saturated rings. The first-order valence-electron chi connectivity index (χ1n) is 12.0. The number of carbonyl (C=O) groups is 3. The number of nitrogens with zero attached hydrogens (tertiary/aromatic N) is 3. The highest BCUT2D eigenvalue weighted by molar-refractivity contribution is 9.11. The molecule has 0 aliphatic heterocycles. The smallest absolute Gasteiger partial charge is 0.234 e. The predicted octanol–water partition coefficient (Wildman–Crippen LogP) is 7.35. The molecule has 0 aliphatic rings. The van der Waals surface area contributed by atoms with Gasteiger partial charge in [-0.05, 0) is 72.8 Å². The first-order chi connectivity index (χ1) is 20.2. The van der Waals surface area contributed by atoms with Crippen molar-refractivity contribution in [2.45, 2.75) is 15.5 Å². The van der Waals surface area contributed by atoms with E-state index in [0.717, 1.165) is 48.7 Å². The summed E-state index contributed by atoms with van der Waals surface area (Å²) in [5.41, 5.74) is 2.00. The van der Waals surface area contributed by atoms with Gasteiger partial charge in [0.15, 0.2) is 15.5 Å². The van der Waals surface area contributed by atoms with Crippen LogP contribution >= 0.6 is 83.1 Å². The number of thioether (sulfide) groups is 3. The summed E-state index contributed by atoms with van der Waals surface area (Å²) < 4.78 is 2.73. The van der Waals surface area contributed by atoms with E-state index in [4.69, 9.17) is 0 Å². The second kappa shape index (κ2) is 16.4. The number of halogens is 3. The Balaban J connectivity index is 1.39. The summed E-state index contributed by atoms with van der Waals surface area (Å²) in [4.78, 5) is 50.9. The number of anilines is 3. The third kappa shape index (κ3) is 11.3. The van der Waals surface area contributed by atoms with Gasteiger partial charge < -0.3 is 16.0 Å². The lowest BCUT2D eigenvalue weighted by Gasteiger charge is -2.09. The number of nitrogens with one attached hydrogen (secondary N) is 3.